The van der Waals surface area contributed by atoms with E-state index in [2.05, 4.69) is 6.07 Å². The molecule has 0 heterocycles. The van der Waals surface area contributed by atoms with Crippen LogP contribution in [-0.2, 0) is 0 Å². The number of carboxylic acids is 1. The second kappa shape index (κ2) is 6.80. The van der Waals surface area contributed by atoms with Crippen LogP contribution in [0.2, 0.25) is 0 Å². The lowest BCUT2D eigenvalue weighted by Crippen LogP contribution is -2.09. The molecule has 0 aliphatic carbocycles. The summed E-state index contributed by atoms with van der Waals surface area (Å²) in [6.45, 7) is 4.22. The summed E-state index contributed by atoms with van der Waals surface area (Å²) >= 11 is 0. The fourth-order valence-electron chi connectivity index (χ4n) is 1.75. The van der Waals surface area contributed by atoms with Crippen molar-refractivity contribution in [2.45, 2.75) is 33.1 Å². The van der Waals surface area contributed by atoms with Crippen LogP contribution in [0.3, 0.4) is 0 Å². The van der Waals surface area contributed by atoms with E-state index < -0.39 is 5.97 Å². The largest absolute Gasteiger partial charge is 0.493 e. The molecule has 0 aliphatic rings. The molecule has 1 aromatic rings. The molecule has 0 saturated carbocycles. The maximum atomic E-state index is 11.1. The molecule has 3 N–H and O–H groups in total. The smallest absolute Gasteiger partial charge is 0.339 e. The minimum absolute atomic E-state index is 0.0716. The number of nitrogens with two attached hydrogens (primary N) is 1. The molecule has 0 amide bonds. The third-order valence-corrected chi connectivity index (χ3v) is 2.99. The fourth-order valence-corrected chi connectivity index (χ4v) is 1.75. The predicted molar refractivity (Wildman–Crippen MR) is 76.6 cm³/mol. The van der Waals surface area contributed by atoms with Gasteiger partial charge in [0.15, 0.2) is 0 Å². The number of anilines is 1. The van der Waals surface area contributed by atoms with Gasteiger partial charge in [-0.3, -0.25) is 0 Å². The number of rotatable bonds is 7. The molecule has 0 unspecified atom stereocenters. The molecule has 0 aliphatic heterocycles. The molecule has 0 fully saturated rings. The van der Waals surface area contributed by atoms with Gasteiger partial charge in [0.1, 0.15) is 11.3 Å². The molecule has 0 aromatic heterocycles. The molecular formula is C15H20N2O3. The molecule has 0 spiro atoms. The zero-order valence-corrected chi connectivity index (χ0v) is 11.8. The minimum Gasteiger partial charge on any atom is -0.493 e. The number of hydrogen-bond donors (Lipinski definition) is 2. The molecule has 0 radical (unpaired) electrons. The van der Waals surface area contributed by atoms with Gasteiger partial charge >= 0.3 is 5.97 Å². The summed E-state index contributed by atoms with van der Waals surface area (Å²) in [5.41, 5.74) is 5.69. The molecule has 0 atom stereocenters. The average molecular weight is 276 g/mol. The number of nitrogen functional groups attached to an aromatic ring is 1. The Kier molecular flexibility index (Phi) is 5.39. The highest BCUT2D eigenvalue weighted by Gasteiger charge is 2.16. The van der Waals surface area contributed by atoms with Crippen LogP contribution in [0, 0.1) is 16.7 Å². The maximum absolute atomic E-state index is 11.1. The Bertz CT molecular complexity index is 518. The first kappa shape index (κ1) is 15.8. The first-order valence-electron chi connectivity index (χ1n) is 6.52. The number of unbranched alkanes of at least 4 members (excludes halogenated alkanes) is 1. The van der Waals surface area contributed by atoms with Gasteiger partial charge in [-0.1, -0.05) is 0 Å². The third-order valence-electron chi connectivity index (χ3n) is 2.99. The summed E-state index contributed by atoms with van der Waals surface area (Å²) in [6, 6.07) is 6.81. The third kappa shape index (κ3) is 4.81. The van der Waals surface area contributed by atoms with Crippen molar-refractivity contribution in [3.05, 3.63) is 23.8 Å². The van der Waals surface area contributed by atoms with E-state index in [-0.39, 0.29) is 11.0 Å². The molecule has 1 aromatic carbocycles. The van der Waals surface area contributed by atoms with Gasteiger partial charge in [-0.15, -0.1) is 0 Å². The normalized spacial score (nSPS) is 10.8. The highest BCUT2D eigenvalue weighted by molar-refractivity contribution is 5.92. The van der Waals surface area contributed by atoms with Crippen LogP contribution in [0.4, 0.5) is 5.69 Å². The first-order valence-corrected chi connectivity index (χ1v) is 6.52. The van der Waals surface area contributed by atoms with Gasteiger partial charge in [0.2, 0.25) is 0 Å². The Morgan fingerprint density at radius 3 is 2.75 bits per heavy atom. The minimum atomic E-state index is -1.06. The summed E-state index contributed by atoms with van der Waals surface area (Å²) in [6.07, 6.45) is 2.42. The molecule has 5 heteroatoms. The summed E-state index contributed by atoms with van der Waals surface area (Å²) in [7, 11) is 0. The first-order chi connectivity index (χ1) is 9.35. The van der Waals surface area contributed by atoms with E-state index in [1.165, 1.54) is 6.07 Å². The van der Waals surface area contributed by atoms with Crippen molar-refractivity contribution in [3.63, 3.8) is 0 Å². The average Bonchev–Trinajstić information content (AvgIpc) is 2.39. The summed E-state index contributed by atoms with van der Waals surface area (Å²) in [5.74, 6) is -0.732. The molecule has 0 bridgehead atoms. The maximum Gasteiger partial charge on any atom is 0.339 e. The number of aromatic carboxylic acids is 1. The number of nitriles is 1. The van der Waals surface area contributed by atoms with Crippen molar-refractivity contribution in [2.24, 2.45) is 5.41 Å². The summed E-state index contributed by atoms with van der Waals surface area (Å²) < 4.78 is 5.48. The Balaban J connectivity index is 2.47. The number of nitrogens with zero attached hydrogens (tertiary/aromatic N) is 1. The fraction of sp³-hybridized carbons (Fsp3) is 0.467. The van der Waals surface area contributed by atoms with E-state index in [1.54, 1.807) is 12.1 Å². The van der Waals surface area contributed by atoms with Crippen LogP contribution in [0.1, 0.15) is 43.5 Å². The lowest BCUT2D eigenvalue weighted by atomic mass is 9.89. The van der Waals surface area contributed by atoms with Gasteiger partial charge < -0.3 is 15.6 Å². The van der Waals surface area contributed by atoms with Gasteiger partial charge in [-0.2, -0.15) is 5.26 Å². The summed E-state index contributed by atoms with van der Waals surface area (Å²) in [5, 5.41) is 18.0. The van der Waals surface area contributed by atoms with Gasteiger partial charge in [-0.25, -0.2) is 4.79 Å². The van der Waals surface area contributed by atoms with E-state index in [1.807, 2.05) is 13.8 Å². The molecule has 5 nitrogen and oxygen atoms in total. The van der Waals surface area contributed by atoms with Crippen molar-refractivity contribution in [2.75, 3.05) is 12.3 Å². The monoisotopic (exact) mass is 276 g/mol. The summed E-state index contributed by atoms with van der Waals surface area (Å²) in [4.78, 5) is 11.1. The Hall–Kier alpha value is -2.22. The zero-order valence-electron chi connectivity index (χ0n) is 11.8. The number of hydrogen-bond acceptors (Lipinski definition) is 4. The van der Waals surface area contributed by atoms with Crippen LogP contribution in [-0.4, -0.2) is 17.7 Å². The van der Waals surface area contributed by atoms with Crippen LogP contribution >= 0.6 is 0 Å². The second-order valence-electron chi connectivity index (χ2n) is 5.36. The van der Waals surface area contributed by atoms with Crippen molar-refractivity contribution in [1.29, 1.82) is 5.26 Å². The van der Waals surface area contributed by atoms with E-state index >= 15 is 0 Å². The molecule has 108 valence electrons. The van der Waals surface area contributed by atoms with Gasteiger partial charge in [0.05, 0.1) is 18.1 Å². The van der Waals surface area contributed by atoms with Crippen LogP contribution in [0.5, 0.6) is 5.75 Å². The number of benzene rings is 1. The van der Waals surface area contributed by atoms with Gasteiger partial charge in [0, 0.05) is 5.69 Å². The number of ether oxygens (including phenoxy) is 1. The highest BCUT2D eigenvalue weighted by atomic mass is 16.5. The highest BCUT2D eigenvalue weighted by Crippen LogP contribution is 2.23. The topological polar surface area (TPSA) is 96.3 Å². The van der Waals surface area contributed by atoms with Crippen molar-refractivity contribution in [1.82, 2.24) is 0 Å². The lowest BCUT2D eigenvalue weighted by Gasteiger charge is -2.14. The standard InChI is InChI=1S/C15H20N2O3/c1-15(2,10-16)7-3-4-8-20-13-6-5-11(17)9-12(13)14(18)19/h5-6,9H,3-4,7-8,17H2,1-2H3,(H,18,19). The number of carbonyl (C=O) groups is 1. The Morgan fingerprint density at radius 1 is 1.45 bits per heavy atom. The van der Waals surface area contributed by atoms with E-state index in [4.69, 9.17) is 20.8 Å². The predicted octanol–water partition coefficient (Wildman–Crippen LogP) is 3.07. The molecule has 20 heavy (non-hydrogen) atoms. The van der Waals surface area contributed by atoms with Crippen molar-refractivity contribution in [3.8, 4) is 11.8 Å². The van der Waals surface area contributed by atoms with Crippen LogP contribution < -0.4 is 10.5 Å². The van der Waals surface area contributed by atoms with Crippen LogP contribution in [0.15, 0.2) is 18.2 Å². The van der Waals surface area contributed by atoms with Crippen LogP contribution in [0.25, 0.3) is 0 Å². The Labute approximate surface area is 119 Å². The quantitative estimate of drug-likeness (QED) is 0.589. The van der Waals surface area contributed by atoms with E-state index in [0.29, 0.717) is 18.0 Å². The Morgan fingerprint density at radius 2 is 2.15 bits per heavy atom. The SMILES string of the molecule is CC(C)(C#N)CCCCOc1ccc(N)cc1C(=O)O. The van der Waals surface area contributed by atoms with Crippen molar-refractivity contribution < 1.29 is 14.6 Å². The van der Waals surface area contributed by atoms with Gasteiger partial charge in [0.25, 0.3) is 0 Å². The number of carboxylic acid groups (broad SMARTS) is 1. The molecule has 0 saturated heterocycles. The zero-order chi connectivity index (χ0) is 15.2. The second-order valence-corrected chi connectivity index (χ2v) is 5.36. The van der Waals surface area contributed by atoms with Gasteiger partial charge in [-0.05, 0) is 51.3 Å². The lowest BCUT2D eigenvalue weighted by molar-refractivity contribution is 0.0692. The van der Waals surface area contributed by atoms with E-state index in [9.17, 15) is 4.79 Å². The molecule has 1 rings (SSSR count). The van der Waals surface area contributed by atoms with Crippen molar-refractivity contribution >= 4 is 11.7 Å². The van der Waals surface area contributed by atoms with E-state index in [0.717, 1.165) is 19.3 Å². The molecular weight excluding hydrogens is 256 g/mol.